The maximum absolute atomic E-state index is 11.9. The molecule has 0 spiro atoms. The van der Waals surface area contributed by atoms with Crippen LogP contribution in [-0.4, -0.2) is 88.2 Å². The van der Waals surface area contributed by atoms with E-state index in [2.05, 4.69) is 20.5 Å². The molecule has 1 saturated carbocycles. The lowest BCUT2D eigenvalue weighted by Crippen LogP contribution is -2.50. The number of ether oxygens (including phenoxy) is 1. The van der Waals surface area contributed by atoms with Crippen LogP contribution in [0.4, 0.5) is 0 Å². The third-order valence-electron chi connectivity index (χ3n) is 5.69. The number of likely N-dealkylation sites (N-methyl/N-ethyl adjacent to an activating group) is 1. The molecule has 0 unspecified atom stereocenters. The zero-order chi connectivity index (χ0) is 19.5. The first-order valence-electron chi connectivity index (χ1n) is 10.5. The zero-order valence-electron chi connectivity index (χ0n) is 17.5. The molecule has 2 N–H and O–H groups in total. The second-order valence-electron chi connectivity index (χ2n) is 8.09. The van der Waals surface area contributed by atoms with Gasteiger partial charge in [0.1, 0.15) is 6.54 Å². The summed E-state index contributed by atoms with van der Waals surface area (Å²) in [5.74, 6) is 1.56. The van der Waals surface area contributed by atoms with Crippen LogP contribution in [0, 0.1) is 5.92 Å². The van der Waals surface area contributed by atoms with Gasteiger partial charge in [0.05, 0.1) is 6.61 Å². The Morgan fingerprint density at radius 2 is 1.85 bits per heavy atom. The molecule has 1 saturated heterocycles. The summed E-state index contributed by atoms with van der Waals surface area (Å²) in [6.45, 7) is 5.09. The van der Waals surface area contributed by atoms with E-state index in [9.17, 15) is 4.79 Å². The number of hydrogen-bond donors (Lipinski definition) is 2. The fourth-order valence-corrected chi connectivity index (χ4v) is 3.79. The van der Waals surface area contributed by atoms with Crippen LogP contribution in [0.3, 0.4) is 0 Å². The Morgan fingerprint density at radius 1 is 1.15 bits per heavy atom. The minimum absolute atomic E-state index is 0.0307. The molecule has 1 aliphatic heterocycles. The first kappa shape index (κ1) is 22.0. The highest BCUT2D eigenvalue weighted by Crippen LogP contribution is 2.22. The summed E-state index contributed by atoms with van der Waals surface area (Å²) in [6.07, 6.45) is 8.83. The number of amides is 1. The second-order valence-corrected chi connectivity index (χ2v) is 8.09. The van der Waals surface area contributed by atoms with Crippen LogP contribution in [-0.2, 0) is 9.53 Å². The molecular weight excluding hydrogens is 342 g/mol. The van der Waals surface area contributed by atoms with Crippen LogP contribution in [0.2, 0.25) is 0 Å². The SMILES string of the molecule is COCCN1CCC(NC(=NCC(=O)N(C)C)NCC2CCCCC2)CC1. The summed E-state index contributed by atoms with van der Waals surface area (Å²) in [4.78, 5) is 20.5. The number of nitrogens with zero attached hydrogens (tertiary/aromatic N) is 3. The Hall–Kier alpha value is -1.34. The normalized spacial score (nSPS) is 20.5. The number of rotatable bonds is 8. The summed E-state index contributed by atoms with van der Waals surface area (Å²) in [6, 6.07) is 0.413. The van der Waals surface area contributed by atoms with E-state index in [0.717, 1.165) is 57.5 Å². The first-order chi connectivity index (χ1) is 13.1. The number of guanidine groups is 1. The molecule has 7 heteroatoms. The molecule has 1 amide bonds. The number of carbonyl (C=O) groups excluding carboxylic acids is 1. The second kappa shape index (κ2) is 12.2. The van der Waals surface area contributed by atoms with Crippen molar-refractivity contribution in [2.45, 2.75) is 51.0 Å². The summed E-state index contributed by atoms with van der Waals surface area (Å²) >= 11 is 0. The number of piperidine rings is 1. The van der Waals surface area contributed by atoms with Crippen LogP contribution in [0.15, 0.2) is 4.99 Å². The molecule has 0 aromatic carbocycles. The van der Waals surface area contributed by atoms with Gasteiger partial charge in [-0.1, -0.05) is 19.3 Å². The van der Waals surface area contributed by atoms with E-state index in [4.69, 9.17) is 4.74 Å². The maximum atomic E-state index is 11.9. The van der Waals surface area contributed by atoms with Crippen LogP contribution in [0.25, 0.3) is 0 Å². The fourth-order valence-electron chi connectivity index (χ4n) is 3.79. The molecular formula is C20H39N5O2. The van der Waals surface area contributed by atoms with Crippen molar-refractivity contribution in [2.75, 3.05) is 60.5 Å². The van der Waals surface area contributed by atoms with Crippen molar-refractivity contribution in [3.05, 3.63) is 0 Å². The van der Waals surface area contributed by atoms with Gasteiger partial charge in [0.2, 0.25) is 5.91 Å². The van der Waals surface area contributed by atoms with Gasteiger partial charge in [-0.2, -0.15) is 0 Å². The minimum atomic E-state index is 0.0307. The van der Waals surface area contributed by atoms with Crippen molar-refractivity contribution in [1.82, 2.24) is 20.4 Å². The monoisotopic (exact) mass is 381 g/mol. The van der Waals surface area contributed by atoms with E-state index in [1.807, 2.05) is 0 Å². The van der Waals surface area contributed by atoms with Crippen LogP contribution in [0.1, 0.15) is 44.9 Å². The molecule has 1 aliphatic carbocycles. The topological polar surface area (TPSA) is 69.2 Å². The standard InChI is InChI=1S/C20H39N5O2/c1-24(2)19(26)16-22-20(21-15-17-7-5-4-6-8-17)23-18-9-11-25(12-10-18)13-14-27-3/h17-18H,4-16H2,1-3H3,(H2,21,22,23). The molecule has 27 heavy (non-hydrogen) atoms. The van der Waals surface area contributed by atoms with Gasteiger partial charge < -0.3 is 25.2 Å². The van der Waals surface area contributed by atoms with E-state index in [-0.39, 0.29) is 12.5 Å². The largest absolute Gasteiger partial charge is 0.383 e. The Bertz CT molecular complexity index is 455. The highest BCUT2D eigenvalue weighted by atomic mass is 16.5. The Balaban J connectivity index is 1.83. The zero-order valence-corrected chi connectivity index (χ0v) is 17.5. The fraction of sp³-hybridized carbons (Fsp3) is 0.900. The number of hydrogen-bond acceptors (Lipinski definition) is 4. The van der Waals surface area contributed by atoms with E-state index in [1.54, 1.807) is 26.1 Å². The van der Waals surface area contributed by atoms with Crippen molar-refractivity contribution in [3.63, 3.8) is 0 Å². The molecule has 0 aromatic rings. The molecule has 0 bridgehead atoms. The van der Waals surface area contributed by atoms with E-state index in [0.29, 0.717) is 6.04 Å². The lowest BCUT2D eigenvalue weighted by Gasteiger charge is -2.33. The lowest BCUT2D eigenvalue weighted by molar-refractivity contribution is -0.127. The van der Waals surface area contributed by atoms with Gasteiger partial charge in [-0.3, -0.25) is 4.79 Å². The van der Waals surface area contributed by atoms with Gasteiger partial charge >= 0.3 is 0 Å². The van der Waals surface area contributed by atoms with Crippen LogP contribution < -0.4 is 10.6 Å². The van der Waals surface area contributed by atoms with Crippen LogP contribution >= 0.6 is 0 Å². The highest BCUT2D eigenvalue weighted by molar-refractivity contribution is 5.84. The number of aliphatic imine (C=N–C) groups is 1. The van der Waals surface area contributed by atoms with E-state index >= 15 is 0 Å². The average molecular weight is 382 g/mol. The molecule has 1 heterocycles. The smallest absolute Gasteiger partial charge is 0.243 e. The number of methoxy groups -OCH3 is 1. The summed E-state index contributed by atoms with van der Waals surface area (Å²) in [7, 11) is 5.30. The quantitative estimate of drug-likeness (QED) is 0.490. The third-order valence-corrected chi connectivity index (χ3v) is 5.69. The summed E-state index contributed by atoms with van der Waals surface area (Å²) in [5, 5.41) is 7.09. The van der Waals surface area contributed by atoms with Gasteiger partial charge in [0.25, 0.3) is 0 Å². The first-order valence-corrected chi connectivity index (χ1v) is 10.5. The van der Waals surface area contributed by atoms with E-state index in [1.165, 1.54) is 32.1 Å². The molecule has 0 radical (unpaired) electrons. The third kappa shape index (κ3) is 8.47. The van der Waals surface area contributed by atoms with Gasteiger partial charge in [0, 0.05) is 53.4 Å². The predicted molar refractivity (Wildman–Crippen MR) is 110 cm³/mol. The average Bonchev–Trinajstić information content (AvgIpc) is 2.69. The molecule has 2 fully saturated rings. The number of carbonyl (C=O) groups is 1. The molecule has 156 valence electrons. The number of likely N-dealkylation sites (tertiary alicyclic amines) is 1. The van der Waals surface area contributed by atoms with Gasteiger partial charge in [-0.15, -0.1) is 0 Å². The number of nitrogens with one attached hydrogen (secondary N) is 2. The maximum Gasteiger partial charge on any atom is 0.243 e. The molecule has 2 rings (SSSR count). The van der Waals surface area contributed by atoms with Crippen molar-refractivity contribution < 1.29 is 9.53 Å². The van der Waals surface area contributed by atoms with Crippen LogP contribution in [0.5, 0.6) is 0 Å². The Morgan fingerprint density at radius 3 is 2.48 bits per heavy atom. The van der Waals surface area contributed by atoms with Crippen molar-refractivity contribution in [1.29, 1.82) is 0 Å². The van der Waals surface area contributed by atoms with Crippen molar-refractivity contribution >= 4 is 11.9 Å². The lowest BCUT2D eigenvalue weighted by atomic mass is 9.89. The Labute approximate surface area is 164 Å². The van der Waals surface area contributed by atoms with E-state index < -0.39 is 0 Å². The summed E-state index contributed by atoms with van der Waals surface area (Å²) in [5.41, 5.74) is 0. The summed E-state index contributed by atoms with van der Waals surface area (Å²) < 4.78 is 5.18. The van der Waals surface area contributed by atoms with Gasteiger partial charge in [0.15, 0.2) is 5.96 Å². The van der Waals surface area contributed by atoms with Crippen molar-refractivity contribution in [2.24, 2.45) is 10.9 Å². The molecule has 0 aromatic heterocycles. The van der Waals surface area contributed by atoms with Gasteiger partial charge in [-0.25, -0.2) is 4.99 Å². The highest BCUT2D eigenvalue weighted by Gasteiger charge is 2.21. The van der Waals surface area contributed by atoms with Gasteiger partial charge in [-0.05, 0) is 31.6 Å². The molecule has 2 aliphatic rings. The Kier molecular flexibility index (Phi) is 9.91. The predicted octanol–water partition coefficient (Wildman–Crippen LogP) is 1.30. The minimum Gasteiger partial charge on any atom is -0.383 e. The van der Waals surface area contributed by atoms with Crippen molar-refractivity contribution in [3.8, 4) is 0 Å². The molecule has 7 nitrogen and oxygen atoms in total. The molecule has 0 atom stereocenters.